The predicted molar refractivity (Wildman–Crippen MR) is 95.2 cm³/mol. The summed E-state index contributed by atoms with van der Waals surface area (Å²) in [6.07, 6.45) is 1.10. The summed E-state index contributed by atoms with van der Waals surface area (Å²) in [5.41, 5.74) is 9.85. The molecule has 0 amide bonds. The van der Waals surface area contributed by atoms with Crippen molar-refractivity contribution in [3.63, 3.8) is 0 Å². The second kappa shape index (κ2) is 6.92. The number of halogens is 2. The maximum Gasteiger partial charge on any atom is 0.0552 e. The van der Waals surface area contributed by atoms with Crippen LogP contribution in [0, 0.1) is 9.49 Å². The van der Waals surface area contributed by atoms with Crippen molar-refractivity contribution in [1.29, 1.82) is 0 Å². The Morgan fingerprint density at radius 2 is 1.65 bits per heavy atom. The first-order valence-electron chi connectivity index (χ1n) is 6.76. The Morgan fingerprint density at radius 3 is 2.20 bits per heavy atom. The molecular formula is C17H19ClIN. The first kappa shape index (κ1) is 15.8. The second-order valence-electron chi connectivity index (χ2n) is 5.49. The van der Waals surface area contributed by atoms with E-state index in [2.05, 4.69) is 60.7 Å². The standard InChI is InChI=1S/C17H19ClIN/c1-11(2)9-12-3-5-13(6-4-12)17(20)14-7-8-16(19)15(18)10-14/h3-8,10-11,17H,9,20H2,1-2H3. The summed E-state index contributed by atoms with van der Waals surface area (Å²) in [5.74, 6) is 0.671. The Bertz CT molecular complexity index is 578. The van der Waals surface area contributed by atoms with Crippen molar-refractivity contribution in [3.05, 3.63) is 67.7 Å². The third kappa shape index (κ3) is 3.96. The quantitative estimate of drug-likeness (QED) is 0.703. The van der Waals surface area contributed by atoms with E-state index in [1.54, 1.807) is 0 Å². The molecule has 0 heterocycles. The molecule has 0 saturated carbocycles. The van der Waals surface area contributed by atoms with E-state index in [1.807, 2.05) is 18.2 Å². The van der Waals surface area contributed by atoms with Crippen LogP contribution in [-0.2, 0) is 6.42 Å². The molecule has 1 nitrogen and oxygen atoms in total. The van der Waals surface area contributed by atoms with Gasteiger partial charge in [0, 0.05) is 3.57 Å². The second-order valence-corrected chi connectivity index (χ2v) is 7.06. The topological polar surface area (TPSA) is 26.0 Å². The summed E-state index contributed by atoms with van der Waals surface area (Å²) < 4.78 is 1.05. The van der Waals surface area contributed by atoms with Crippen molar-refractivity contribution in [2.24, 2.45) is 11.7 Å². The summed E-state index contributed by atoms with van der Waals surface area (Å²) in [5, 5.41) is 0.759. The molecule has 1 unspecified atom stereocenters. The van der Waals surface area contributed by atoms with Gasteiger partial charge in [-0.3, -0.25) is 0 Å². The molecule has 106 valence electrons. The lowest BCUT2D eigenvalue weighted by molar-refractivity contribution is 0.647. The molecule has 0 aliphatic heterocycles. The van der Waals surface area contributed by atoms with Crippen molar-refractivity contribution in [2.75, 3.05) is 0 Å². The van der Waals surface area contributed by atoms with Crippen molar-refractivity contribution < 1.29 is 0 Å². The highest BCUT2D eigenvalue weighted by atomic mass is 127. The Morgan fingerprint density at radius 1 is 1.05 bits per heavy atom. The van der Waals surface area contributed by atoms with Crippen LogP contribution in [0.3, 0.4) is 0 Å². The van der Waals surface area contributed by atoms with Crippen LogP contribution in [0.15, 0.2) is 42.5 Å². The van der Waals surface area contributed by atoms with Crippen LogP contribution in [0.2, 0.25) is 5.02 Å². The van der Waals surface area contributed by atoms with Crippen molar-refractivity contribution in [3.8, 4) is 0 Å². The van der Waals surface area contributed by atoms with Crippen molar-refractivity contribution >= 4 is 34.2 Å². The number of hydrogen-bond donors (Lipinski definition) is 1. The average Bonchev–Trinajstić information content (AvgIpc) is 2.41. The molecule has 0 aromatic heterocycles. The Balaban J connectivity index is 2.20. The van der Waals surface area contributed by atoms with E-state index in [1.165, 1.54) is 5.56 Å². The molecule has 0 spiro atoms. The van der Waals surface area contributed by atoms with Crippen LogP contribution in [0.25, 0.3) is 0 Å². The van der Waals surface area contributed by atoms with Gasteiger partial charge in [0.25, 0.3) is 0 Å². The van der Waals surface area contributed by atoms with Crippen LogP contribution in [0.4, 0.5) is 0 Å². The van der Waals surface area contributed by atoms with Gasteiger partial charge in [-0.2, -0.15) is 0 Å². The minimum atomic E-state index is -0.127. The van der Waals surface area contributed by atoms with Crippen molar-refractivity contribution in [1.82, 2.24) is 0 Å². The monoisotopic (exact) mass is 399 g/mol. The molecule has 20 heavy (non-hydrogen) atoms. The fourth-order valence-electron chi connectivity index (χ4n) is 2.23. The Labute approximate surface area is 139 Å². The highest BCUT2D eigenvalue weighted by Crippen LogP contribution is 2.26. The molecule has 2 N–H and O–H groups in total. The highest BCUT2D eigenvalue weighted by Gasteiger charge is 2.10. The van der Waals surface area contributed by atoms with Gasteiger partial charge in [-0.1, -0.05) is 55.8 Å². The summed E-state index contributed by atoms with van der Waals surface area (Å²) in [4.78, 5) is 0. The third-order valence-corrected chi connectivity index (χ3v) is 4.86. The van der Waals surface area contributed by atoms with Crippen LogP contribution in [0.5, 0.6) is 0 Å². The van der Waals surface area contributed by atoms with Gasteiger partial charge in [-0.05, 0) is 63.8 Å². The van der Waals surface area contributed by atoms with E-state index in [0.717, 1.165) is 26.1 Å². The Hall–Kier alpha value is -0.580. The third-order valence-electron chi connectivity index (χ3n) is 3.29. The minimum absolute atomic E-state index is 0.127. The lowest BCUT2D eigenvalue weighted by Gasteiger charge is -2.14. The molecule has 2 aromatic rings. The smallest absolute Gasteiger partial charge is 0.0552 e. The SMILES string of the molecule is CC(C)Cc1ccc(C(N)c2ccc(I)c(Cl)c2)cc1. The Kier molecular flexibility index (Phi) is 5.47. The summed E-state index contributed by atoms with van der Waals surface area (Å²) in [6.45, 7) is 4.46. The first-order chi connectivity index (χ1) is 9.47. The van der Waals surface area contributed by atoms with Crippen LogP contribution >= 0.6 is 34.2 Å². The van der Waals surface area contributed by atoms with Gasteiger partial charge >= 0.3 is 0 Å². The zero-order chi connectivity index (χ0) is 14.7. The fourth-order valence-corrected chi connectivity index (χ4v) is 2.76. The largest absolute Gasteiger partial charge is 0.320 e. The lowest BCUT2D eigenvalue weighted by Crippen LogP contribution is -2.12. The molecule has 3 heteroatoms. The fraction of sp³-hybridized carbons (Fsp3) is 0.294. The first-order valence-corrected chi connectivity index (χ1v) is 8.22. The molecule has 0 aliphatic rings. The summed E-state index contributed by atoms with van der Waals surface area (Å²) in [7, 11) is 0. The van der Waals surface area contributed by atoms with Gasteiger partial charge in [0.05, 0.1) is 11.1 Å². The zero-order valence-corrected chi connectivity index (χ0v) is 14.6. The molecule has 2 aromatic carbocycles. The van der Waals surface area contributed by atoms with Gasteiger partial charge in [-0.15, -0.1) is 0 Å². The van der Waals surface area contributed by atoms with Gasteiger partial charge in [-0.25, -0.2) is 0 Å². The summed E-state index contributed by atoms with van der Waals surface area (Å²) in [6, 6.07) is 14.5. The van der Waals surface area contributed by atoms with E-state index >= 15 is 0 Å². The maximum absolute atomic E-state index is 6.33. The lowest BCUT2D eigenvalue weighted by atomic mass is 9.96. The number of rotatable bonds is 4. The van der Waals surface area contributed by atoms with Crippen LogP contribution in [-0.4, -0.2) is 0 Å². The average molecular weight is 400 g/mol. The molecule has 2 rings (SSSR count). The van der Waals surface area contributed by atoms with Gasteiger partial charge < -0.3 is 5.73 Å². The normalized spacial score (nSPS) is 12.7. The van der Waals surface area contributed by atoms with E-state index in [-0.39, 0.29) is 6.04 Å². The van der Waals surface area contributed by atoms with Gasteiger partial charge in [0.1, 0.15) is 0 Å². The zero-order valence-electron chi connectivity index (χ0n) is 11.7. The van der Waals surface area contributed by atoms with Gasteiger partial charge in [0.2, 0.25) is 0 Å². The molecule has 0 radical (unpaired) electrons. The molecule has 0 bridgehead atoms. The van der Waals surface area contributed by atoms with Gasteiger partial charge in [0.15, 0.2) is 0 Å². The minimum Gasteiger partial charge on any atom is -0.320 e. The van der Waals surface area contributed by atoms with E-state index < -0.39 is 0 Å². The molecule has 0 aliphatic carbocycles. The molecular weight excluding hydrogens is 381 g/mol. The van der Waals surface area contributed by atoms with Crippen LogP contribution in [0.1, 0.15) is 36.6 Å². The maximum atomic E-state index is 6.33. The molecule has 0 saturated heterocycles. The van der Waals surface area contributed by atoms with E-state index in [9.17, 15) is 0 Å². The molecule has 0 fully saturated rings. The number of nitrogens with two attached hydrogens (primary N) is 1. The van der Waals surface area contributed by atoms with E-state index in [4.69, 9.17) is 17.3 Å². The predicted octanol–water partition coefficient (Wildman–Crippen LogP) is 5.19. The highest BCUT2D eigenvalue weighted by molar-refractivity contribution is 14.1. The molecule has 1 atom stereocenters. The number of benzene rings is 2. The van der Waals surface area contributed by atoms with Crippen molar-refractivity contribution in [2.45, 2.75) is 26.3 Å². The number of hydrogen-bond acceptors (Lipinski definition) is 1. The van der Waals surface area contributed by atoms with Crippen LogP contribution < -0.4 is 5.73 Å². The summed E-state index contributed by atoms with van der Waals surface area (Å²) >= 11 is 8.39. The van der Waals surface area contributed by atoms with E-state index in [0.29, 0.717) is 5.92 Å².